The van der Waals surface area contributed by atoms with Crippen molar-refractivity contribution in [2.75, 3.05) is 25.9 Å². The Hall–Kier alpha value is -2.08. The third-order valence-corrected chi connectivity index (χ3v) is 3.77. The number of carbonyl (C=O) groups excluding carboxylic acids is 1. The second-order valence-corrected chi connectivity index (χ2v) is 5.10. The van der Waals surface area contributed by atoms with E-state index in [-0.39, 0.29) is 0 Å². The van der Waals surface area contributed by atoms with E-state index in [9.17, 15) is 4.79 Å². The van der Waals surface area contributed by atoms with Gasteiger partial charge in [-0.3, -0.25) is 4.40 Å². The molecule has 3 heterocycles. The molecular formula is C14H18N4O2. The average Bonchev–Trinajstić information content (AvgIpc) is 3.07. The lowest BCUT2D eigenvalue weighted by atomic mass is 10.0. The van der Waals surface area contributed by atoms with Gasteiger partial charge in [-0.1, -0.05) is 6.07 Å². The molecule has 0 radical (unpaired) electrons. The van der Waals surface area contributed by atoms with Gasteiger partial charge in [0.1, 0.15) is 11.6 Å². The molecule has 0 aromatic carbocycles. The minimum Gasteiger partial charge on any atom is -0.464 e. The van der Waals surface area contributed by atoms with Crippen LogP contribution in [0.4, 0.5) is 5.82 Å². The van der Waals surface area contributed by atoms with Crippen molar-refractivity contribution in [2.45, 2.75) is 12.8 Å². The van der Waals surface area contributed by atoms with Crippen molar-refractivity contribution in [3.8, 4) is 0 Å². The summed E-state index contributed by atoms with van der Waals surface area (Å²) in [6, 6.07) is 5.47. The van der Waals surface area contributed by atoms with Gasteiger partial charge in [-0.2, -0.15) is 0 Å². The first-order valence-corrected chi connectivity index (χ1v) is 6.75. The van der Waals surface area contributed by atoms with Crippen LogP contribution in [0.1, 0.15) is 22.7 Å². The lowest BCUT2D eigenvalue weighted by Gasteiger charge is -2.08. The number of carbonyl (C=O) groups is 1. The number of ether oxygens (including phenoxy) is 1. The van der Waals surface area contributed by atoms with E-state index in [1.54, 1.807) is 0 Å². The molecule has 1 unspecified atom stereocenters. The molecule has 6 nitrogen and oxygen atoms in total. The summed E-state index contributed by atoms with van der Waals surface area (Å²) in [5, 5.41) is 3.34. The molecule has 0 spiro atoms. The molecule has 2 aromatic rings. The third-order valence-electron chi connectivity index (χ3n) is 3.77. The first-order chi connectivity index (χ1) is 9.70. The highest BCUT2D eigenvalue weighted by Crippen LogP contribution is 2.22. The quantitative estimate of drug-likeness (QED) is 0.811. The molecule has 0 amide bonds. The van der Waals surface area contributed by atoms with Crippen LogP contribution in [-0.4, -0.2) is 35.6 Å². The van der Waals surface area contributed by atoms with Crippen LogP contribution in [-0.2, 0) is 11.2 Å². The normalized spacial score (nSPS) is 18.6. The molecule has 3 rings (SSSR count). The zero-order chi connectivity index (χ0) is 14.1. The summed E-state index contributed by atoms with van der Waals surface area (Å²) in [6.07, 6.45) is 1.93. The van der Waals surface area contributed by atoms with E-state index in [1.807, 2.05) is 22.6 Å². The standard InChI is InChI=1S/C14H18N4O2/c1-20-14(19)13-10-3-2-4-11(15)18(10)12(17-13)7-9-5-6-16-8-9/h2-4,9,16H,5-8,15H2,1H3. The summed E-state index contributed by atoms with van der Waals surface area (Å²) in [6.45, 7) is 2.02. The number of esters is 1. The van der Waals surface area contributed by atoms with Gasteiger partial charge in [-0.15, -0.1) is 0 Å². The summed E-state index contributed by atoms with van der Waals surface area (Å²) < 4.78 is 6.65. The fraction of sp³-hybridized carbons (Fsp3) is 0.429. The number of nitrogens with one attached hydrogen (secondary N) is 1. The fourth-order valence-electron chi connectivity index (χ4n) is 2.77. The van der Waals surface area contributed by atoms with Gasteiger partial charge in [0, 0.05) is 6.42 Å². The SMILES string of the molecule is COC(=O)c1nc(CC2CCNC2)n2c(N)cccc12. The van der Waals surface area contributed by atoms with Crippen LogP contribution in [0.25, 0.3) is 5.52 Å². The number of imidazole rings is 1. The Morgan fingerprint density at radius 2 is 2.45 bits per heavy atom. The molecule has 1 aliphatic heterocycles. The number of hydrogen-bond acceptors (Lipinski definition) is 5. The van der Waals surface area contributed by atoms with Crippen molar-refractivity contribution < 1.29 is 9.53 Å². The van der Waals surface area contributed by atoms with Crippen LogP contribution in [0.2, 0.25) is 0 Å². The predicted molar refractivity (Wildman–Crippen MR) is 75.6 cm³/mol. The van der Waals surface area contributed by atoms with Gasteiger partial charge >= 0.3 is 5.97 Å². The summed E-state index contributed by atoms with van der Waals surface area (Å²) in [5.41, 5.74) is 7.08. The number of fused-ring (bicyclic) bond motifs is 1. The number of pyridine rings is 1. The minimum atomic E-state index is -0.427. The maximum absolute atomic E-state index is 11.8. The number of nitrogens with two attached hydrogens (primary N) is 1. The van der Waals surface area contributed by atoms with E-state index in [0.717, 1.165) is 31.8 Å². The summed E-state index contributed by atoms with van der Waals surface area (Å²) in [4.78, 5) is 16.3. The molecular weight excluding hydrogens is 256 g/mol. The largest absolute Gasteiger partial charge is 0.464 e. The van der Waals surface area contributed by atoms with Crippen LogP contribution in [0.5, 0.6) is 0 Å². The van der Waals surface area contributed by atoms with Gasteiger partial charge in [0.15, 0.2) is 5.69 Å². The van der Waals surface area contributed by atoms with Crippen molar-refractivity contribution in [2.24, 2.45) is 5.92 Å². The fourth-order valence-corrected chi connectivity index (χ4v) is 2.77. The molecule has 0 saturated carbocycles. The zero-order valence-corrected chi connectivity index (χ0v) is 11.4. The molecule has 6 heteroatoms. The molecule has 20 heavy (non-hydrogen) atoms. The molecule has 1 atom stereocenters. The van der Waals surface area contributed by atoms with Crippen molar-refractivity contribution in [3.63, 3.8) is 0 Å². The van der Waals surface area contributed by atoms with E-state index in [1.165, 1.54) is 7.11 Å². The van der Waals surface area contributed by atoms with Gasteiger partial charge in [0.2, 0.25) is 0 Å². The summed E-state index contributed by atoms with van der Waals surface area (Å²) in [5.74, 6) is 1.52. The van der Waals surface area contributed by atoms with E-state index < -0.39 is 5.97 Å². The molecule has 0 aliphatic carbocycles. The Kier molecular flexibility index (Phi) is 3.31. The van der Waals surface area contributed by atoms with E-state index in [0.29, 0.717) is 22.9 Å². The van der Waals surface area contributed by atoms with Gasteiger partial charge in [-0.25, -0.2) is 9.78 Å². The summed E-state index contributed by atoms with van der Waals surface area (Å²) >= 11 is 0. The molecule has 1 saturated heterocycles. The van der Waals surface area contributed by atoms with Crippen molar-refractivity contribution in [1.29, 1.82) is 0 Å². The Labute approximate surface area is 116 Å². The Bertz CT molecular complexity index is 644. The average molecular weight is 274 g/mol. The first-order valence-electron chi connectivity index (χ1n) is 6.75. The lowest BCUT2D eigenvalue weighted by molar-refractivity contribution is 0.0596. The highest BCUT2D eigenvalue weighted by atomic mass is 16.5. The maximum Gasteiger partial charge on any atom is 0.358 e. The van der Waals surface area contributed by atoms with Gasteiger partial charge in [-0.05, 0) is 37.6 Å². The van der Waals surface area contributed by atoms with E-state index in [4.69, 9.17) is 10.5 Å². The van der Waals surface area contributed by atoms with Gasteiger partial charge in [0.05, 0.1) is 12.6 Å². The Morgan fingerprint density at radius 1 is 1.60 bits per heavy atom. The van der Waals surface area contributed by atoms with Crippen molar-refractivity contribution >= 4 is 17.3 Å². The number of methoxy groups -OCH3 is 1. The molecule has 1 aliphatic rings. The van der Waals surface area contributed by atoms with E-state index in [2.05, 4.69) is 10.3 Å². The third kappa shape index (κ3) is 2.12. The van der Waals surface area contributed by atoms with Crippen LogP contribution >= 0.6 is 0 Å². The lowest BCUT2D eigenvalue weighted by Crippen LogP contribution is -2.13. The molecule has 106 valence electrons. The first kappa shape index (κ1) is 12.9. The van der Waals surface area contributed by atoms with Crippen LogP contribution in [0.3, 0.4) is 0 Å². The second-order valence-electron chi connectivity index (χ2n) is 5.10. The maximum atomic E-state index is 11.8. The van der Waals surface area contributed by atoms with Crippen LogP contribution in [0, 0.1) is 5.92 Å². The second kappa shape index (κ2) is 5.13. The number of nitrogen functional groups attached to an aromatic ring is 1. The Morgan fingerprint density at radius 3 is 3.15 bits per heavy atom. The van der Waals surface area contributed by atoms with Crippen molar-refractivity contribution in [1.82, 2.24) is 14.7 Å². The predicted octanol–water partition coefficient (Wildman–Crippen LogP) is 0.855. The monoisotopic (exact) mass is 274 g/mol. The summed E-state index contributed by atoms with van der Waals surface area (Å²) in [7, 11) is 1.36. The molecule has 3 N–H and O–H groups in total. The zero-order valence-electron chi connectivity index (χ0n) is 11.4. The number of aromatic nitrogens is 2. The van der Waals surface area contributed by atoms with Crippen LogP contribution < -0.4 is 11.1 Å². The smallest absolute Gasteiger partial charge is 0.358 e. The highest BCUT2D eigenvalue weighted by molar-refractivity contribution is 5.95. The molecule has 0 bridgehead atoms. The number of anilines is 1. The Balaban J connectivity index is 2.08. The molecule has 1 fully saturated rings. The number of nitrogens with zero attached hydrogens (tertiary/aromatic N) is 2. The number of rotatable bonds is 3. The van der Waals surface area contributed by atoms with Gasteiger partial charge < -0.3 is 15.8 Å². The van der Waals surface area contributed by atoms with Gasteiger partial charge in [0.25, 0.3) is 0 Å². The number of hydrogen-bond donors (Lipinski definition) is 2. The van der Waals surface area contributed by atoms with Crippen molar-refractivity contribution in [3.05, 3.63) is 29.7 Å². The topological polar surface area (TPSA) is 81.6 Å². The minimum absolute atomic E-state index is 0.334. The van der Waals surface area contributed by atoms with E-state index >= 15 is 0 Å². The highest BCUT2D eigenvalue weighted by Gasteiger charge is 2.22. The van der Waals surface area contributed by atoms with Crippen LogP contribution in [0.15, 0.2) is 18.2 Å². The molecule has 2 aromatic heterocycles.